The minimum atomic E-state index is -0.515. The van der Waals surface area contributed by atoms with Crippen molar-refractivity contribution in [2.45, 2.75) is 6.42 Å². The van der Waals surface area contributed by atoms with Gasteiger partial charge in [-0.2, -0.15) is 0 Å². The molecular formula is C11H14BrFN2O. The van der Waals surface area contributed by atoms with Crippen LogP contribution >= 0.6 is 15.9 Å². The van der Waals surface area contributed by atoms with Crippen LogP contribution in [-0.2, 0) is 0 Å². The second kappa shape index (κ2) is 5.96. The number of halogens is 2. The molecule has 0 atom stereocenters. The maximum Gasteiger partial charge on any atom is 0.256 e. The summed E-state index contributed by atoms with van der Waals surface area (Å²) in [6, 6.07) is 4.40. The van der Waals surface area contributed by atoms with Crippen molar-refractivity contribution in [2.24, 2.45) is 5.73 Å². The van der Waals surface area contributed by atoms with Gasteiger partial charge in [-0.3, -0.25) is 4.79 Å². The average molecular weight is 289 g/mol. The van der Waals surface area contributed by atoms with E-state index in [0.717, 1.165) is 0 Å². The molecular weight excluding hydrogens is 275 g/mol. The van der Waals surface area contributed by atoms with Gasteiger partial charge in [0.05, 0.1) is 5.56 Å². The largest absolute Gasteiger partial charge is 0.342 e. The Labute approximate surface area is 103 Å². The number of nitrogens with two attached hydrogens (primary N) is 1. The minimum Gasteiger partial charge on any atom is -0.342 e. The van der Waals surface area contributed by atoms with Crippen LogP contribution in [0.25, 0.3) is 0 Å². The molecule has 0 aliphatic rings. The van der Waals surface area contributed by atoms with E-state index in [9.17, 15) is 9.18 Å². The lowest BCUT2D eigenvalue weighted by molar-refractivity contribution is 0.0790. The summed E-state index contributed by atoms with van der Waals surface area (Å²) in [4.78, 5) is 13.3. The zero-order chi connectivity index (χ0) is 12.1. The van der Waals surface area contributed by atoms with Crippen LogP contribution in [0.5, 0.6) is 0 Å². The lowest BCUT2D eigenvalue weighted by Gasteiger charge is -2.17. The molecule has 0 aliphatic carbocycles. The quantitative estimate of drug-likeness (QED) is 0.921. The molecule has 1 rings (SSSR count). The van der Waals surface area contributed by atoms with Gasteiger partial charge in [0.2, 0.25) is 0 Å². The molecule has 0 spiro atoms. The highest BCUT2D eigenvalue weighted by molar-refractivity contribution is 9.10. The molecule has 88 valence electrons. The number of hydrogen-bond donors (Lipinski definition) is 1. The first-order valence-electron chi connectivity index (χ1n) is 4.97. The highest BCUT2D eigenvalue weighted by atomic mass is 79.9. The van der Waals surface area contributed by atoms with Crippen LogP contribution in [0.1, 0.15) is 16.8 Å². The Morgan fingerprint density at radius 2 is 2.25 bits per heavy atom. The zero-order valence-corrected chi connectivity index (χ0v) is 10.6. The lowest BCUT2D eigenvalue weighted by Crippen LogP contribution is -2.29. The van der Waals surface area contributed by atoms with E-state index in [1.165, 1.54) is 17.0 Å². The van der Waals surface area contributed by atoms with Crippen molar-refractivity contribution in [3.63, 3.8) is 0 Å². The maximum absolute atomic E-state index is 13.5. The number of hydrogen-bond acceptors (Lipinski definition) is 2. The molecule has 0 aromatic heterocycles. The molecule has 2 N–H and O–H groups in total. The van der Waals surface area contributed by atoms with Crippen LogP contribution in [0.2, 0.25) is 0 Å². The lowest BCUT2D eigenvalue weighted by atomic mass is 10.2. The van der Waals surface area contributed by atoms with Gasteiger partial charge in [0.25, 0.3) is 5.91 Å². The van der Waals surface area contributed by atoms with E-state index in [0.29, 0.717) is 24.0 Å². The van der Waals surface area contributed by atoms with E-state index in [4.69, 9.17) is 5.73 Å². The predicted octanol–water partition coefficient (Wildman–Crippen LogP) is 2.01. The van der Waals surface area contributed by atoms with Gasteiger partial charge < -0.3 is 10.6 Å². The van der Waals surface area contributed by atoms with Crippen molar-refractivity contribution in [1.29, 1.82) is 0 Å². The molecule has 0 fully saturated rings. The zero-order valence-electron chi connectivity index (χ0n) is 9.04. The first-order valence-corrected chi connectivity index (χ1v) is 5.76. The summed E-state index contributed by atoms with van der Waals surface area (Å²) in [5.41, 5.74) is 5.43. The van der Waals surface area contributed by atoms with Gasteiger partial charge in [-0.25, -0.2) is 4.39 Å². The molecule has 0 aliphatic heterocycles. The third-order valence-electron chi connectivity index (χ3n) is 2.21. The molecule has 0 bridgehead atoms. The predicted molar refractivity (Wildman–Crippen MR) is 64.7 cm³/mol. The van der Waals surface area contributed by atoms with Crippen LogP contribution < -0.4 is 5.73 Å². The Balaban J connectivity index is 2.79. The highest BCUT2D eigenvalue weighted by Gasteiger charge is 2.15. The number of rotatable bonds is 4. The Bertz CT molecular complexity index is 384. The van der Waals surface area contributed by atoms with Crippen molar-refractivity contribution in [3.05, 3.63) is 34.1 Å². The van der Waals surface area contributed by atoms with Crippen LogP contribution in [0.15, 0.2) is 22.7 Å². The van der Waals surface area contributed by atoms with Crippen LogP contribution in [0, 0.1) is 5.82 Å². The van der Waals surface area contributed by atoms with Crippen molar-refractivity contribution >= 4 is 21.8 Å². The monoisotopic (exact) mass is 288 g/mol. The van der Waals surface area contributed by atoms with E-state index >= 15 is 0 Å². The van der Waals surface area contributed by atoms with E-state index in [-0.39, 0.29) is 11.5 Å². The average Bonchev–Trinajstić information content (AvgIpc) is 2.25. The van der Waals surface area contributed by atoms with E-state index in [1.54, 1.807) is 13.1 Å². The number of carbonyl (C=O) groups excluding carboxylic acids is 1. The minimum absolute atomic E-state index is 0.0859. The van der Waals surface area contributed by atoms with Crippen LogP contribution in [0.4, 0.5) is 4.39 Å². The number of nitrogens with zero attached hydrogens (tertiary/aromatic N) is 1. The van der Waals surface area contributed by atoms with Gasteiger partial charge in [0.1, 0.15) is 5.82 Å². The second-order valence-electron chi connectivity index (χ2n) is 3.49. The second-order valence-corrected chi connectivity index (χ2v) is 4.41. The smallest absolute Gasteiger partial charge is 0.256 e. The van der Waals surface area contributed by atoms with Crippen LogP contribution in [0.3, 0.4) is 0 Å². The first kappa shape index (κ1) is 13.1. The molecule has 1 aromatic carbocycles. The number of amides is 1. The van der Waals surface area contributed by atoms with Gasteiger partial charge in [-0.1, -0.05) is 15.9 Å². The summed E-state index contributed by atoms with van der Waals surface area (Å²) in [5, 5.41) is 0. The number of carbonyl (C=O) groups is 1. The third kappa shape index (κ3) is 3.28. The Kier molecular flexibility index (Phi) is 4.89. The molecule has 5 heteroatoms. The fourth-order valence-electron chi connectivity index (χ4n) is 1.30. The highest BCUT2D eigenvalue weighted by Crippen LogP contribution is 2.16. The Morgan fingerprint density at radius 1 is 1.56 bits per heavy atom. The molecule has 0 unspecified atom stereocenters. The third-order valence-corrected chi connectivity index (χ3v) is 2.70. The van der Waals surface area contributed by atoms with Crippen molar-refractivity contribution < 1.29 is 9.18 Å². The van der Waals surface area contributed by atoms with Gasteiger partial charge in [-0.05, 0) is 31.2 Å². The SMILES string of the molecule is CN(CCCN)C(=O)c1ccc(Br)cc1F. The molecule has 3 nitrogen and oxygen atoms in total. The van der Waals surface area contributed by atoms with Gasteiger partial charge in [0.15, 0.2) is 0 Å². The molecule has 0 heterocycles. The normalized spacial score (nSPS) is 10.2. The van der Waals surface area contributed by atoms with Gasteiger partial charge in [-0.15, -0.1) is 0 Å². The standard InChI is InChI=1S/C11H14BrFN2O/c1-15(6-2-5-14)11(16)9-4-3-8(12)7-10(9)13/h3-4,7H,2,5-6,14H2,1H3. The fraction of sp³-hybridized carbons (Fsp3) is 0.364. The van der Waals surface area contributed by atoms with Crippen molar-refractivity contribution in [3.8, 4) is 0 Å². The summed E-state index contributed by atoms with van der Waals surface area (Å²) in [5.74, 6) is -0.836. The van der Waals surface area contributed by atoms with Gasteiger partial charge in [0, 0.05) is 18.1 Å². The summed E-state index contributed by atoms with van der Waals surface area (Å²) >= 11 is 3.14. The molecule has 1 amide bonds. The summed E-state index contributed by atoms with van der Waals surface area (Å²) < 4.78 is 14.1. The van der Waals surface area contributed by atoms with Crippen molar-refractivity contribution in [2.75, 3.05) is 20.1 Å². The molecule has 0 saturated heterocycles. The summed E-state index contributed by atoms with van der Waals surface area (Å²) in [6.45, 7) is 1.05. The Morgan fingerprint density at radius 3 is 2.81 bits per heavy atom. The van der Waals surface area contributed by atoms with E-state index in [1.807, 2.05) is 0 Å². The van der Waals surface area contributed by atoms with E-state index < -0.39 is 5.82 Å². The first-order chi connectivity index (χ1) is 7.56. The van der Waals surface area contributed by atoms with Crippen LogP contribution in [-0.4, -0.2) is 30.9 Å². The summed E-state index contributed by atoms with van der Waals surface area (Å²) in [6.07, 6.45) is 0.709. The van der Waals surface area contributed by atoms with Gasteiger partial charge >= 0.3 is 0 Å². The van der Waals surface area contributed by atoms with Crippen molar-refractivity contribution in [1.82, 2.24) is 4.90 Å². The molecule has 1 aromatic rings. The molecule has 0 saturated carbocycles. The maximum atomic E-state index is 13.5. The number of benzene rings is 1. The van der Waals surface area contributed by atoms with E-state index in [2.05, 4.69) is 15.9 Å². The fourth-order valence-corrected chi connectivity index (χ4v) is 1.63. The Hall–Kier alpha value is -0.940. The molecule has 16 heavy (non-hydrogen) atoms. The summed E-state index contributed by atoms with van der Waals surface area (Å²) in [7, 11) is 1.64. The molecule has 0 radical (unpaired) electrons. The topological polar surface area (TPSA) is 46.3 Å².